The monoisotopic (exact) mass is 291 g/mol. The average Bonchev–Trinajstić information content (AvgIpc) is 2.43. The van der Waals surface area contributed by atoms with Crippen LogP contribution >= 0.6 is 11.6 Å². The minimum Gasteiger partial charge on any atom is -0.376 e. The van der Waals surface area contributed by atoms with Crippen LogP contribution in [0.2, 0.25) is 5.02 Å². The van der Waals surface area contributed by atoms with Crippen molar-refractivity contribution in [2.75, 3.05) is 5.32 Å². The second kappa shape index (κ2) is 6.76. The van der Waals surface area contributed by atoms with Crippen LogP contribution in [0, 0.1) is 12.7 Å². The summed E-state index contributed by atoms with van der Waals surface area (Å²) in [6, 6.07) is 12.9. The molecular weight excluding hydrogens is 273 g/mol. The molecule has 0 heterocycles. The summed E-state index contributed by atoms with van der Waals surface area (Å²) in [5.74, 6) is -0.217. The fourth-order valence-corrected chi connectivity index (χ4v) is 2.37. The fraction of sp³-hybridized carbons (Fsp3) is 0.294. The van der Waals surface area contributed by atoms with E-state index in [0.29, 0.717) is 10.7 Å². The zero-order valence-corrected chi connectivity index (χ0v) is 12.5. The van der Waals surface area contributed by atoms with Crippen molar-refractivity contribution in [2.45, 2.75) is 32.7 Å². The van der Waals surface area contributed by atoms with E-state index in [4.69, 9.17) is 11.6 Å². The van der Waals surface area contributed by atoms with Crippen molar-refractivity contribution < 1.29 is 4.39 Å². The average molecular weight is 292 g/mol. The van der Waals surface area contributed by atoms with Crippen molar-refractivity contribution in [3.05, 3.63) is 64.4 Å². The van der Waals surface area contributed by atoms with Crippen LogP contribution in [0.25, 0.3) is 0 Å². The Kier molecular flexibility index (Phi) is 5.02. The molecule has 0 bridgehead atoms. The summed E-state index contributed by atoms with van der Waals surface area (Å²) < 4.78 is 13.9. The summed E-state index contributed by atoms with van der Waals surface area (Å²) >= 11 is 5.92. The van der Waals surface area contributed by atoms with Gasteiger partial charge in [0.1, 0.15) is 5.82 Å². The number of aryl methyl sites for hydroxylation is 1. The van der Waals surface area contributed by atoms with Crippen LogP contribution in [0.5, 0.6) is 0 Å². The molecule has 0 amide bonds. The van der Waals surface area contributed by atoms with Gasteiger partial charge in [-0.1, -0.05) is 43.1 Å². The summed E-state index contributed by atoms with van der Waals surface area (Å²) in [6.07, 6.45) is 1.96. The number of halogens is 2. The molecule has 0 radical (unpaired) electrons. The molecule has 1 unspecified atom stereocenters. The molecule has 3 heteroatoms. The van der Waals surface area contributed by atoms with Crippen LogP contribution in [0.4, 0.5) is 10.1 Å². The normalized spacial score (nSPS) is 12.2. The van der Waals surface area contributed by atoms with Gasteiger partial charge in [0, 0.05) is 5.02 Å². The molecule has 2 aromatic carbocycles. The highest BCUT2D eigenvalue weighted by Gasteiger charge is 2.12. The predicted octanol–water partition coefficient (Wildman–Crippen LogP) is 5.74. The topological polar surface area (TPSA) is 12.0 Å². The molecule has 0 aliphatic rings. The highest BCUT2D eigenvalue weighted by molar-refractivity contribution is 6.30. The first-order valence-corrected chi connectivity index (χ1v) is 7.26. The van der Waals surface area contributed by atoms with E-state index in [9.17, 15) is 4.39 Å². The maximum atomic E-state index is 13.9. The van der Waals surface area contributed by atoms with E-state index in [1.807, 2.05) is 37.3 Å². The Balaban J connectivity index is 2.25. The SMILES string of the molecule is CCCC(Nc1cc(C)ccc1F)c1ccc(Cl)cc1. The van der Waals surface area contributed by atoms with Gasteiger partial charge in [-0.25, -0.2) is 4.39 Å². The zero-order chi connectivity index (χ0) is 14.5. The van der Waals surface area contributed by atoms with Crippen molar-refractivity contribution in [3.8, 4) is 0 Å². The van der Waals surface area contributed by atoms with Gasteiger partial charge in [-0.2, -0.15) is 0 Å². The Labute approximate surface area is 124 Å². The molecule has 1 nitrogen and oxygen atoms in total. The first-order chi connectivity index (χ1) is 9.60. The van der Waals surface area contributed by atoms with Crippen molar-refractivity contribution in [3.63, 3.8) is 0 Å². The largest absolute Gasteiger partial charge is 0.376 e. The molecule has 0 aliphatic heterocycles. The minimum atomic E-state index is -0.217. The van der Waals surface area contributed by atoms with E-state index >= 15 is 0 Å². The molecule has 0 fully saturated rings. The molecule has 1 atom stereocenters. The molecule has 0 saturated carbocycles. The lowest BCUT2D eigenvalue weighted by Gasteiger charge is -2.20. The third kappa shape index (κ3) is 3.73. The Bertz CT molecular complexity index is 566. The predicted molar refractivity (Wildman–Crippen MR) is 83.9 cm³/mol. The lowest BCUT2D eigenvalue weighted by atomic mass is 10.0. The van der Waals surface area contributed by atoms with E-state index in [0.717, 1.165) is 24.0 Å². The molecule has 0 saturated heterocycles. The highest BCUT2D eigenvalue weighted by atomic mass is 35.5. The van der Waals surface area contributed by atoms with Crippen molar-refractivity contribution in [2.24, 2.45) is 0 Å². The van der Waals surface area contributed by atoms with Gasteiger partial charge in [0.25, 0.3) is 0 Å². The molecule has 0 aliphatic carbocycles. The van der Waals surface area contributed by atoms with Gasteiger partial charge in [0.2, 0.25) is 0 Å². The molecule has 2 aromatic rings. The third-order valence-corrected chi connectivity index (χ3v) is 3.55. The first kappa shape index (κ1) is 14.9. The minimum absolute atomic E-state index is 0.0913. The molecule has 0 aromatic heterocycles. The van der Waals surface area contributed by atoms with Crippen LogP contribution in [0.1, 0.15) is 36.9 Å². The quantitative estimate of drug-likeness (QED) is 0.740. The summed E-state index contributed by atoms with van der Waals surface area (Å²) in [6.45, 7) is 4.08. The highest BCUT2D eigenvalue weighted by Crippen LogP contribution is 2.27. The van der Waals surface area contributed by atoms with Crippen molar-refractivity contribution in [1.82, 2.24) is 0 Å². The fourth-order valence-electron chi connectivity index (χ4n) is 2.24. The summed E-state index contributed by atoms with van der Waals surface area (Å²) in [7, 11) is 0. The van der Waals surface area contributed by atoms with Gasteiger partial charge in [-0.15, -0.1) is 0 Å². The molecule has 2 rings (SSSR count). The van der Waals surface area contributed by atoms with E-state index in [2.05, 4.69) is 12.2 Å². The lowest BCUT2D eigenvalue weighted by molar-refractivity contribution is 0.617. The third-order valence-electron chi connectivity index (χ3n) is 3.30. The van der Waals surface area contributed by atoms with Crippen LogP contribution in [-0.4, -0.2) is 0 Å². The molecule has 0 spiro atoms. The van der Waals surface area contributed by atoms with Crippen molar-refractivity contribution in [1.29, 1.82) is 0 Å². The Hall–Kier alpha value is -1.54. The Morgan fingerprint density at radius 2 is 1.85 bits per heavy atom. The van der Waals surface area contributed by atoms with Gasteiger partial charge >= 0.3 is 0 Å². The molecule has 20 heavy (non-hydrogen) atoms. The van der Waals surface area contributed by atoms with E-state index in [1.165, 1.54) is 6.07 Å². The Morgan fingerprint density at radius 1 is 1.15 bits per heavy atom. The second-order valence-electron chi connectivity index (χ2n) is 5.02. The van der Waals surface area contributed by atoms with Gasteiger partial charge in [0.05, 0.1) is 11.7 Å². The van der Waals surface area contributed by atoms with Crippen LogP contribution in [0.15, 0.2) is 42.5 Å². The van der Waals surface area contributed by atoms with Crippen LogP contribution in [0.3, 0.4) is 0 Å². The van der Waals surface area contributed by atoms with E-state index in [-0.39, 0.29) is 11.9 Å². The second-order valence-corrected chi connectivity index (χ2v) is 5.46. The molecule has 106 valence electrons. The van der Waals surface area contributed by atoms with Gasteiger partial charge in [-0.3, -0.25) is 0 Å². The number of hydrogen-bond donors (Lipinski definition) is 1. The molecular formula is C17H19ClFN. The maximum absolute atomic E-state index is 13.9. The number of anilines is 1. The van der Waals surface area contributed by atoms with Gasteiger partial charge in [0.15, 0.2) is 0 Å². The summed E-state index contributed by atoms with van der Waals surface area (Å²) in [5.41, 5.74) is 2.72. The standard InChI is InChI=1S/C17H19ClFN/c1-3-4-16(13-6-8-14(18)9-7-13)20-17-11-12(2)5-10-15(17)19/h5-11,16,20H,3-4H2,1-2H3. The van der Waals surface area contributed by atoms with Crippen LogP contribution < -0.4 is 5.32 Å². The zero-order valence-electron chi connectivity index (χ0n) is 11.8. The maximum Gasteiger partial charge on any atom is 0.146 e. The molecule has 1 N–H and O–H groups in total. The Morgan fingerprint density at radius 3 is 2.50 bits per heavy atom. The number of nitrogens with one attached hydrogen (secondary N) is 1. The van der Waals surface area contributed by atoms with Gasteiger partial charge < -0.3 is 5.32 Å². The number of benzene rings is 2. The van der Waals surface area contributed by atoms with Gasteiger partial charge in [-0.05, 0) is 48.7 Å². The summed E-state index contributed by atoms with van der Waals surface area (Å²) in [5, 5.41) is 4.02. The number of hydrogen-bond acceptors (Lipinski definition) is 1. The van der Waals surface area contributed by atoms with E-state index < -0.39 is 0 Å². The van der Waals surface area contributed by atoms with E-state index in [1.54, 1.807) is 6.07 Å². The first-order valence-electron chi connectivity index (χ1n) is 6.88. The lowest BCUT2D eigenvalue weighted by Crippen LogP contribution is -2.11. The van der Waals surface area contributed by atoms with Crippen molar-refractivity contribution >= 4 is 17.3 Å². The number of rotatable bonds is 5. The smallest absolute Gasteiger partial charge is 0.146 e. The van der Waals surface area contributed by atoms with Crippen LogP contribution in [-0.2, 0) is 0 Å². The summed E-state index contributed by atoms with van der Waals surface area (Å²) in [4.78, 5) is 0.